The summed E-state index contributed by atoms with van der Waals surface area (Å²) in [5.74, 6) is 0.636. The molecule has 0 bridgehead atoms. The highest BCUT2D eigenvalue weighted by Crippen LogP contribution is 2.45. The lowest BCUT2D eigenvalue weighted by Gasteiger charge is -2.31. The van der Waals surface area contributed by atoms with Gasteiger partial charge in [0.1, 0.15) is 0 Å². The molecule has 1 aromatic heterocycles. The molecule has 3 rings (SSSR count). The second kappa shape index (κ2) is 6.42. The zero-order valence-corrected chi connectivity index (χ0v) is 15.3. The van der Waals surface area contributed by atoms with E-state index in [1.165, 1.54) is 12.8 Å². The van der Waals surface area contributed by atoms with Crippen LogP contribution in [0.5, 0.6) is 0 Å². The van der Waals surface area contributed by atoms with Crippen molar-refractivity contribution in [2.45, 2.75) is 65.5 Å². The van der Waals surface area contributed by atoms with Gasteiger partial charge in [-0.3, -0.25) is 9.89 Å². The largest absolute Gasteiger partial charge is 0.334 e. The first-order valence-corrected chi connectivity index (χ1v) is 8.88. The number of amides is 1. The molecule has 1 aromatic carbocycles. The fourth-order valence-corrected chi connectivity index (χ4v) is 3.53. The maximum absolute atomic E-state index is 13.2. The zero-order chi connectivity index (χ0) is 17.4. The van der Waals surface area contributed by atoms with E-state index in [1.807, 2.05) is 30.0 Å². The molecule has 1 saturated carbocycles. The lowest BCUT2D eigenvalue weighted by Crippen LogP contribution is -2.42. The SMILES string of the molecule is Cc1[nH]nc(C2CC2)c1-c1ccccc1C(=O)N(C(C)C)C(C)C. The number of benzene rings is 1. The number of aromatic nitrogens is 2. The lowest BCUT2D eigenvalue weighted by molar-refractivity contribution is 0.0644. The molecule has 1 heterocycles. The smallest absolute Gasteiger partial charge is 0.254 e. The first kappa shape index (κ1) is 16.7. The van der Waals surface area contributed by atoms with E-state index in [9.17, 15) is 4.79 Å². The summed E-state index contributed by atoms with van der Waals surface area (Å²) in [6, 6.07) is 8.28. The van der Waals surface area contributed by atoms with E-state index >= 15 is 0 Å². The molecule has 4 heteroatoms. The highest BCUT2D eigenvalue weighted by molar-refractivity contribution is 6.01. The van der Waals surface area contributed by atoms with Gasteiger partial charge in [-0.2, -0.15) is 5.10 Å². The number of nitrogens with one attached hydrogen (secondary N) is 1. The van der Waals surface area contributed by atoms with Crippen LogP contribution in [0.3, 0.4) is 0 Å². The van der Waals surface area contributed by atoms with Gasteiger partial charge < -0.3 is 4.90 Å². The second-order valence-corrected chi connectivity index (χ2v) is 7.33. The van der Waals surface area contributed by atoms with Crippen molar-refractivity contribution in [3.05, 3.63) is 41.2 Å². The minimum atomic E-state index is 0.0953. The molecular weight excluding hydrogens is 298 g/mol. The topological polar surface area (TPSA) is 49.0 Å². The molecule has 1 N–H and O–H groups in total. The van der Waals surface area contributed by atoms with E-state index in [4.69, 9.17) is 0 Å². The van der Waals surface area contributed by atoms with E-state index in [0.717, 1.165) is 28.1 Å². The van der Waals surface area contributed by atoms with Crippen molar-refractivity contribution in [3.8, 4) is 11.1 Å². The molecule has 2 aromatic rings. The molecule has 1 fully saturated rings. The van der Waals surface area contributed by atoms with Crippen molar-refractivity contribution in [1.29, 1.82) is 0 Å². The molecule has 0 unspecified atom stereocenters. The summed E-state index contributed by atoms with van der Waals surface area (Å²) in [5.41, 5.74) is 5.05. The van der Waals surface area contributed by atoms with Crippen molar-refractivity contribution in [1.82, 2.24) is 15.1 Å². The van der Waals surface area contributed by atoms with Gasteiger partial charge in [-0.1, -0.05) is 18.2 Å². The average Bonchev–Trinajstić information content (AvgIpc) is 3.29. The molecule has 0 radical (unpaired) electrons. The molecule has 1 aliphatic carbocycles. The Kier molecular flexibility index (Phi) is 4.48. The van der Waals surface area contributed by atoms with Crippen LogP contribution in [0.1, 0.15) is 68.2 Å². The summed E-state index contributed by atoms with van der Waals surface area (Å²) in [7, 11) is 0. The minimum Gasteiger partial charge on any atom is -0.334 e. The zero-order valence-electron chi connectivity index (χ0n) is 15.3. The summed E-state index contributed by atoms with van der Waals surface area (Å²) in [6.07, 6.45) is 2.38. The molecule has 0 saturated heterocycles. The van der Waals surface area contributed by atoms with E-state index in [1.54, 1.807) is 0 Å². The van der Waals surface area contributed by atoms with Crippen LogP contribution < -0.4 is 0 Å². The molecule has 24 heavy (non-hydrogen) atoms. The summed E-state index contributed by atoms with van der Waals surface area (Å²) < 4.78 is 0. The van der Waals surface area contributed by atoms with Crippen molar-refractivity contribution in [3.63, 3.8) is 0 Å². The van der Waals surface area contributed by atoms with Crippen LogP contribution in [0.4, 0.5) is 0 Å². The Hall–Kier alpha value is -2.10. The summed E-state index contributed by atoms with van der Waals surface area (Å²) in [4.78, 5) is 15.2. The van der Waals surface area contributed by atoms with Crippen LogP contribution in [-0.2, 0) is 0 Å². The predicted octanol–water partition coefficient (Wildman–Crippen LogP) is 4.52. The Morgan fingerprint density at radius 2 is 1.79 bits per heavy atom. The number of nitrogens with zero attached hydrogens (tertiary/aromatic N) is 2. The van der Waals surface area contributed by atoms with Gasteiger partial charge in [0.15, 0.2) is 0 Å². The van der Waals surface area contributed by atoms with Crippen LogP contribution in [0.25, 0.3) is 11.1 Å². The summed E-state index contributed by atoms with van der Waals surface area (Å²) >= 11 is 0. The first-order chi connectivity index (χ1) is 11.4. The number of rotatable bonds is 5. The minimum absolute atomic E-state index is 0.0953. The van der Waals surface area contributed by atoms with Gasteiger partial charge >= 0.3 is 0 Å². The van der Waals surface area contributed by atoms with Crippen molar-refractivity contribution >= 4 is 5.91 Å². The molecule has 128 valence electrons. The third-order valence-electron chi connectivity index (χ3n) is 4.71. The number of hydrogen-bond acceptors (Lipinski definition) is 2. The third-order valence-corrected chi connectivity index (χ3v) is 4.71. The number of aryl methyl sites for hydroxylation is 1. The van der Waals surface area contributed by atoms with E-state index in [0.29, 0.717) is 5.92 Å². The van der Waals surface area contributed by atoms with Gasteiger partial charge in [-0.05, 0) is 59.1 Å². The van der Waals surface area contributed by atoms with Crippen LogP contribution >= 0.6 is 0 Å². The Bertz CT molecular complexity index is 733. The second-order valence-electron chi connectivity index (χ2n) is 7.33. The molecule has 0 spiro atoms. The van der Waals surface area contributed by atoms with E-state index in [2.05, 4.69) is 44.0 Å². The molecule has 0 aliphatic heterocycles. The third kappa shape index (κ3) is 2.97. The van der Waals surface area contributed by atoms with Gasteiger partial charge in [0.25, 0.3) is 5.91 Å². The number of carbonyl (C=O) groups excluding carboxylic acids is 1. The molecule has 0 atom stereocenters. The fourth-order valence-electron chi connectivity index (χ4n) is 3.53. The van der Waals surface area contributed by atoms with Gasteiger partial charge in [0.2, 0.25) is 0 Å². The summed E-state index contributed by atoms with van der Waals surface area (Å²) in [5, 5.41) is 7.64. The Labute approximate surface area is 144 Å². The molecular formula is C20H27N3O. The highest BCUT2D eigenvalue weighted by atomic mass is 16.2. The normalized spacial score (nSPS) is 14.5. The van der Waals surface area contributed by atoms with E-state index < -0.39 is 0 Å². The first-order valence-electron chi connectivity index (χ1n) is 8.88. The Balaban J connectivity index is 2.09. The Morgan fingerprint density at radius 1 is 1.17 bits per heavy atom. The van der Waals surface area contributed by atoms with E-state index in [-0.39, 0.29) is 18.0 Å². The predicted molar refractivity (Wildman–Crippen MR) is 97.2 cm³/mol. The Morgan fingerprint density at radius 3 is 2.38 bits per heavy atom. The van der Waals surface area contributed by atoms with Crippen LogP contribution in [0.2, 0.25) is 0 Å². The maximum atomic E-state index is 13.2. The van der Waals surface area contributed by atoms with Gasteiger partial charge in [0, 0.05) is 34.8 Å². The number of H-pyrrole nitrogens is 1. The number of carbonyl (C=O) groups is 1. The quantitative estimate of drug-likeness (QED) is 0.878. The van der Waals surface area contributed by atoms with Gasteiger partial charge in [-0.25, -0.2) is 0 Å². The van der Waals surface area contributed by atoms with Crippen LogP contribution in [-0.4, -0.2) is 33.1 Å². The van der Waals surface area contributed by atoms with Gasteiger partial charge in [-0.15, -0.1) is 0 Å². The van der Waals surface area contributed by atoms with Crippen molar-refractivity contribution in [2.24, 2.45) is 0 Å². The summed E-state index contributed by atoms with van der Waals surface area (Å²) in [6.45, 7) is 10.3. The molecule has 1 aliphatic rings. The monoisotopic (exact) mass is 325 g/mol. The standard InChI is InChI=1S/C20H27N3O/c1-12(2)23(13(3)4)20(24)17-9-7-6-8-16(17)18-14(5)21-22-19(18)15-10-11-15/h6-9,12-13,15H,10-11H2,1-5H3,(H,21,22). The molecule has 1 amide bonds. The van der Waals surface area contributed by atoms with Gasteiger partial charge in [0.05, 0.1) is 5.69 Å². The average molecular weight is 325 g/mol. The van der Waals surface area contributed by atoms with Crippen LogP contribution in [0.15, 0.2) is 24.3 Å². The van der Waals surface area contributed by atoms with Crippen molar-refractivity contribution < 1.29 is 4.79 Å². The van der Waals surface area contributed by atoms with Crippen molar-refractivity contribution in [2.75, 3.05) is 0 Å². The molecule has 4 nitrogen and oxygen atoms in total. The number of aromatic amines is 1. The fraction of sp³-hybridized carbons (Fsp3) is 0.500. The highest BCUT2D eigenvalue weighted by Gasteiger charge is 2.32. The maximum Gasteiger partial charge on any atom is 0.254 e. The lowest BCUT2D eigenvalue weighted by atomic mass is 9.95. The van der Waals surface area contributed by atoms with Crippen LogP contribution in [0, 0.1) is 6.92 Å². The number of hydrogen-bond donors (Lipinski definition) is 1.